The highest BCUT2D eigenvalue weighted by Crippen LogP contribution is 2.24. The number of fused-ring (bicyclic) bond motifs is 1. The number of carboxylic acids is 1. The molecule has 0 amide bonds. The van der Waals surface area contributed by atoms with Crippen LogP contribution in [0, 0.1) is 0 Å². The van der Waals surface area contributed by atoms with Gasteiger partial charge in [0.1, 0.15) is 10.5 Å². The van der Waals surface area contributed by atoms with Crippen LogP contribution in [0.5, 0.6) is 0 Å². The summed E-state index contributed by atoms with van der Waals surface area (Å²) >= 11 is 1.51. The van der Waals surface area contributed by atoms with Gasteiger partial charge >= 0.3 is 5.97 Å². The van der Waals surface area contributed by atoms with Crippen LogP contribution >= 0.6 is 11.3 Å². The second-order valence-corrected chi connectivity index (χ2v) is 6.50. The van der Waals surface area contributed by atoms with Crippen LogP contribution < -0.4 is 5.56 Å². The number of hydrogen-bond acceptors (Lipinski definition) is 5. The highest BCUT2D eigenvalue weighted by molar-refractivity contribution is 7.18. The SMILES string of the molecule is CCc1cc2c(=O)n(CCCC(=O)O)c(-c3ccccn3)nc2s1. The molecular weight excluding hydrogens is 326 g/mol. The van der Waals surface area contributed by atoms with Gasteiger partial charge in [-0.2, -0.15) is 0 Å². The van der Waals surface area contributed by atoms with Gasteiger partial charge in [-0.25, -0.2) is 4.98 Å². The van der Waals surface area contributed by atoms with E-state index in [1.165, 1.54) is 11.3 Å². The van der Waals surface area contributed by atoms with E-state index in [1.807, 2.05) is 19.1 Å². The average Bonchev–Trinajstić information content (AvgIpc) is 3.01. The quantitative estimate of drug-likeness (QED) is 0.744. The smallest absolute Gasteiger partial charge is 0.303 e. The normalized spacial score (nSPS) is 11.0. The van der Waals surface area contributed by atoms with Crippen molar-refractivity contribution in [2.75, 3.05) is 0 Å². The van der Waals surface area contributed by atoms with E-state index in [1.54, 1.807) is 22.9 Å². The predicted octanol–water partition coefficient (Wildman–Crippen LogP) is 2.95. The number of pyridine rings is 1. The third-order valence-electron chi connectivity index (χ3n) is 3.72. The van der Waals surface area contributed by atoms with E-state index < -0.39 is 5.97 Å². The van der Waals surface area contributed by atoms with Gasteiger partial charge in [0.25, 0.3) is 5.56 Å². The summed E-state index contributed by atoms with van der Waals surface area (Å²) in [6.07, 6.45) is 2.88. The summed E-state index contributed by atoms with van der Waals surface area (Å²) in [7, 11) is 0. The largest absolute Gasteiger partial charge is 0.481 e. The molecule has 1 N–H and O–H groups in total. The molecule has 0 aromatic carbocycles. The van der Waals surface area contributed by atoms with Crippen molar-refractivity contribution in [1.82, 2.24) is 14.5 Å². The highest BCUT2D eigenvalue weighted by atomic mass is 32.1. The van der Waals surface area contributed by atoms with Gasteiger partial charge in [0.05, 0.1) is 5.39 Å². The minimum atomic E-state index is -0.875. The van der Waals surface area contributed by atoms with Crippen LogP contribution in [0.4, 0.5) is 0 Å². The van der Waals surface area contributed by atoms with Gasteiger partial charge in [0, 0.05) is 24.0 Å². The maximum atomic E-state index is 12.9. The molecule has 6 nitrogen and oxygen atoms in total. The first-order valence-corrected chi connectivity index (χ1v) is 8.58. The molecule has 3 rings (SSSR count). The number of carbonyl (C=O) groups is 1. The fourth-order valence-corrected chi connectivity index (χ4v) is 3.48. The zero-order valence-electron chi connectivity index (χ0n) is 13.2. The lowest BCUT2D eigenvalue weighted by Crippen LogP contribution is -2.23. The number of thiophene rings is 1. The molecule has 0 spiro atoms. The molecule has 7 heteroatoms. The molecule has 0 fully saturated rings. The van der Waals surface area contributed by atoms with E-state index in [0.717, 1.165) is 11.3 Å². The summed E-state index contributed by atoms with van der Waals surface area (Å²) in [5, 5.41) is 9.43. The second-order valence-electron chi connectivity index (χ2n) is 5.39. The fraction of sp³-hybridized carbons (Fsp3) is 0.294. The first-order chi connectivity index (χ1) is 11.6. The third-order valence-corrected chi connectivity index (χ3v) is 4.89. The fourth-order valence-electron chi connectivity index (χ4n) is 2.53. The zero-order chi connectivity index (χ0) is 17.1. The lowest BCUT2D eigenvalue weighted by atomic mass is 10.2. The molecule has 0 radical (unpaired) electrons. The van der Waals surface area contributed by atoms with Crippen LogP contribution in [0.2, 0.25) is 0 Å². The molecule has 0 bridgehead atoms. The number of hydrogen-bond donors (Lipinski definition) is 1. The molecule has 0 aliphatic heterocycles. The maximum absolute atomic E-state index is 12.9. The van der Waals surface area contributed by atoms with Gasteiger partial charge in [0.2, 0.25) is 0 Å². The van der Waals surface area contributed by atoms with Gasteiger partial charge in [-0.05, 0) is 31.0 Å². The molecule has 3 aromatic heterocycles. The molecular formula is C17H17N3O3S. The van der Waals surface area contributed by atoms with E-state index in [4.69, 9.17) is 5.11 Å². The summed E-state index contributed by atoms with van der Waals surface area (Å²) in [5.74, 6) is -0.386. The molecule has 124 valence electrons. The molecule has 0 saturated heterocycles. The number of aliphatic carboxylic acids is 1. The van der Waals surface area contributed by atoms with Crippen molar-refractivity contribution in [3.05, 3.63) is 45.7 Å². The first-order valence-electron chi connectivity index (χ1n) is 7.76. The monoisotopic (exact) mass is 343 g/mol. The lowest BCUT2D eigenvalue weighted by molar-refractivity contribution is -0.137. The molecule has 0 unspecified atom stereocenters. The molecule has 0 atom stereocenters. The van der Waals surface area contributed by atoms with Gasteiger partial charge in [-0.3, -0.25) is 19.1 Å². The Morgan fingerprint density at radius 1 is 1.38 bits per heavy atom. The molecule has 0 saturated carbocycles. The summed E-state index contributed by atoms with van der Waals surface area (Å²) in [5.41, 5.74) is 0.472. The highest BCUT2D eigenvalue weighted by Gasteiger charge is 2.16. The van der Waals surface area contributed by atoms with E-state index in [-0.39, 0.29) is 12.0 Å². The van der Waals surface area contributed by atoms with Crippen LogP contribution in [0.3, 0.4) is 0 Å². The summed E-state index contributed by atoms with van der Waals surface area (Å²) in [6, 6.07) is 7.32. The first kappa shape index (κ1) is 16.3. The van der Waals surface area contributed by atoms with E-state index in [9.17, 15) is 9.59 Å². The minimum absolute atomic E-state index is 0.00990. The van der Waals surface area contributed by atoms with Crippen LogP contribution in [0.25, 0.3) is 21.7 Å². The zero-order valence-corrected chi connectivity index (χ0v) is 14.0. The van der Waals surface area contributed by atoms with E-state index in [0.29, 0.717) is 34.7 Å². The van der Waals surface area contributed by atoms with Crippen molar-refractivity contribution in [1.29, 1.82) is 0 Å². The van der Waals surface area contributed by atoms with Crippen molar-refractivity contribution >= 4 is 27.5 Å². The number of nitrogens with zero attached hydrogens (tertiary/aromatic N) is 3. The van der Waals surface area contributed by atoms with Gasteiger partial charge in [-0.1, -0.05) is 13.0 Å². The lowest BCUT2D eigenvalue weighted by Gasteiger charge is -2.11. The van der Waals surface area contributed by atoms with Crippen molar-refractivity contribution in [3.8, 4) is 11.5 Å². The molecule has 3 aromatic rings. The standard InChI is InChI=1S/C17H17N3O3S/c1-2-11-10-12-16(24-11)19-15(13-6-3-4-8-18-13)20(17(12)23)9-5-7-14(21)22/h3-4,6,8,10H,2,5,7,9H2,1H3,(H,21,22). The van der Waals surface area contributed by atoms with Gasteiger partial charge in [-0.15, -0.1) is 11.3 Å². The summed E-state index contributed by atoms with van der Waals surface area (Å²) < 4.78 is 1.54. The van der Waals surface area contributed by atoms with Crippen molar-refractivity contribution in [2.45, 2.75) is 32.7 Å². The average molecular weight is 343 g/mol. The Hall–Kier alpha value is -2.54. The maximum Gasteiger partial charge on any atom is 0.303 e. The van der Waals surface area contributed by atoms with Gasteiger partial charge < -0.3 is 5.11 Å². The minimum Gasteiger partial charge on any atom is -0.481 e. The van der Waals surface area contributed by atoms with Crippen molar-refractivity contribution < 1.29 is 9.90 Å². The number of aromatic nitrogens is 3. The Labute approximate surface area is 142 Å². The van der Waals surface area contributed by atoms with E-state index >= 15 is 0 Å². The van der Waals surface area contributed by atoms with Crippen LogP contribution in [0.15, 0.2) is 35.3 Å². The Balaban J connectivity index is 2.15. The second kappa shape index (κ2) is 6.92. The molecule has 24 heavy (non-hydrogen) atoms. The molecule has 0 aliphatic carbocycles. The van der Waals surface area contributed by atoms with Crippen LogP contribution in [-0.2, 0) is 17.8 Å². The Kier molecular flexibility index (Phi) is 4.71. The van der Waals surface area contributed by atoms with E-state index in [2.05, 4.69) is 9.97 Å². The van der Waals surface area contributed by atoms with Crippen molar-refractivity contribution in [2.24, 2.45) is 0 Å². The summed E-state index contributed by atoms with van der Waals surface area (Å²) in [6.45, 7) is 2.34. The Bertz CT molecular complexity index is 931. The summed E-state index contributed by atoms with van der Waals surface area (Å²) in [4.78, 5) is 34.4. The van der Waals surface area contributed by atoms with Gasteiger partial charge in [0.15, 0.2) is 5.82 Å². The predicted molar refractivity (Wildman–Crippen MR) is 93.4 cm³/mol. The van der Waals surface area contributed by atoms with Crippen LogP contribution in [-0.4, -0.2) is 25.6 Å². The Morgan fingerprint density at radius 3 is 2.88 bits per heavy atom. The number of carboxylic acid groups (broad SMARTS) is 1. The molecule has 3 heterocycles. The Morgan fingerprint density at radius 2 is 2.21 bits per heavy atom. The number of aryl methyl sites for hydroxylation is 1. The number of rotatable bonds is 6. The third kappa shape index (κ3) is 3.21. The topological polar surface area (TPSA) is 85.1 Å². The van der Waals surface area contributed by atoms with Crippen molar-refractivity contribution in [3.63, 3.8) is 0 Å². The van der Waals surface area contributed by atoms with Crippen LogP contribution in [0.1, 0.15) is 24.6 Å². The molecule has 0 aliphatic rings.